The van der Waals surface area contributed by atoms with Crippen molar-refractivity contribution in [2.75, 3.05) is 0 Å². The van der Waals surface area contributed by atoms with Crippen LogP contribution in [0.15, 0.2) is 30.3 Å². The van der Waals surface area contributed by atoms with Crippen molar-refractivity contribution in [3.8, 4) is 5.69 Å². The first-order valence-electron chi connectivity index (χ1n) is 5.83. The molecule has 1 heterocycles. The number of hydrogen-bond acceptors (Lipinski definition) is 1. The SMILES string of the molecule is Cc1ccc2c(c1)[nH]c(=S)n2-c1cc(Cl)c(Cl)cc1Cl. The summed E-state index contributed by atoms with van der Waals surface area (Å²) in [5.74, 6) is 0. The number of rotatable bonds is 1. The topological polar surface area (TPSA) is 20.7 Å². The van der Waals surface area contributed by atoms with Crippen molar-refractivity contribution in [1.82, 2.24) is 9.55 Å². The molecule has 0 saturated carbocycles. The molecule has 0 aliphatic rings. The summed E-state index contributed by atoms with van der Waals surface area (Å²) >= 11 is 23.7. The first-order valence-corrected chi connectivity index (χ1v) is 7.38. The normalized spacial score (nSPS) is 11.2. The smallest absolute Gasteiger partial charge is 0.182 e. The maximum Gasteiger partial charge on any atom is 0.182 e. The number of nitrogens with one attached hydrogen (secondary N) is 1. The van der Waals surface area contributed by atoms with Crippen molar-refractivity contribution in [2.24, 2.45) is 0 Å². The van der Waals surface area contributed by atoms with Gasteiger partial charge < -0.3 is 4.98 Å². The van der Waals surface area contributed by atoms with Crippen LogP contribution in [-0.4, -0.2) is 9.55 Å². The number of nitrogens with zero attached hydrogens (tertiary/aromatic N) is 1. The highest BCUT2D eigenvalue weighted by atomic mass is 35.5. The van der Waals surface area contributed by atoms with E-state index < -0.39 is 0 Å². The number of H-pyrrole nitrogens is 1. The number of hydrogen-bond donors (Lipinski definition) is 1. The Labute approximate surface area is 135 Å². The molecule has 0 saturated heterocycles. The van der Waals surface area contributed by atoms with Gasteiger partial charge in [-0.1, -0.05) is 40.9 Å². The second-order valence-corrected chi connectivity index (χ2v) is 6.11. The number of fused-ring (bicyclic) bond motifs is 1. The third kappa shape index (κ3) is 2.25. The van der Waals surface area contributed by atoms with Gasteiger partial charge >= 0.3 is 0 Å². The molecule has 0 fully saturated rings. The number of imidazole rings is 1. The van der Waals surface area contributed by atoms with E-state index in [1.807, 2.05) is 29.7 Å². The summed E-state index contributed by atoms with van der Waals surface area (Å²) in [5.41, 5.74) is 3.76. The summed E-state index contributed by atoms with van der Waals surface area (Å²) < 4.78 is 2.42. The van der Waals surface area contributed by atoms with Gasteiger partial charge in [0.15, 0.2) is 4.77 Å². The van der Waals surface area contributed by atoms with E-state index in [4.69, 9.17) is 47.0 Å². The van der Waals surface area contributed by atoms with Crippen LogP contribution in [0.4, 0.5) is 0 Å². The molecular weight excluding hydrogens is 335 g/mol. The molecule has 2 aromatic carbocycles. The summed E-state index contributed by atoms with van der Waals surface area (Å²) in [5, 5.41) is 1.36. The molecular formula is C14H9Cl3N2S. The Balaban J connectivity index is 2.38. The first-order chi connectivity index (χ1) is 9.47. The second-order valence-electron chi connectivity index (χ2n) is 4.50. The van der Waals surface area contributed by atoms with Gasteiger partial charge in [-0.15, -0.1) is 0 Å². The van der Waals surface area contributed by atoms with Gasteiger partial charge in [-0.3, -0.25) is 4.57 Å². The molecule has 0 unspecified atom stereocenters. The zero-order chi connectivity index (χ0) is 14.4. The van der Waals surface area contributed by atoms with Crippen LogP contribution in [0.5, 0.6) is 0 Å². The molecule has 2 nitrogen and oxygen atoms in total. The van der Waals surface area contributed by atoms with Crippen LogP contribution in [0.25, 0.3) is 16.7 Å². The van der Waals surface area contributed by atoms with E-state index in [0.717, 1.165) is 16.6 Å². The molecule has 102 valence electrons. The molecule has 6 heteroatoms. The lowest BCUT2D eigenvalue weighted by atomic mass is 10.2. The van der Waals surface area contributed by atoms with Crippen molar-refractivity contribution < 1.29 is 0 Å². The van der Waals surface area contributed by atoms with Crippen LogP contribution in [0.2, 0.25) is 15.1 Å². The third-order valence-corrected chi connectivity index (χ3v) is 4.38. The predicted octanol–water partition coefficient (Wildman–Crippen LogP) is 5.96. The molecule has 20 heavy (non-hydrogen) atoms. The van der Waals surface area contributed by atoms with Crippen molar-refractivity contribution in [3.63, 3.8) is 0 Å². The first kappa shape index (κ1) is 14.0. The lowest BCUT2D eigenvalue weighted by Crippen LogP contribution is -1.95. The standard InChI is InChI=1S/C14H9Cl3N2S/c1-7-2-3-12-11(4-7)18-14(20)19(12)13-6-9(16)8(15)5-10(13)17/h2-6H,1H3,(H,18,20). The third-order valence-electron chi connectivity index (χ3n) is 3.07. The summed E-state index contributed by atoms with van der Waals surface area (Å²) in [6.07, 6.45) is 0. The zero-order valence-corrected chi connectivity index (χ0v) is 13.5. The lowest BCUT2D eigenvalue weighted by molar-refractivity contribution is 1.07. The second kappa shape index (κ2) is 5.08. The van der Waals surface area contributed by atoms with Gasteiger partial charge in [0.25, 0.3) is 0 Å². The number of benzene rings is 2. The van der Waals surface area contributed by atoms with E-state index in [-0.39, 0.29) is 0 Å². The van der Waals surface area contributed by atoms with Gasteiger partial charge in [0.1, 0.15) is 0 Å². The van der Waals surface area contributed by atoms with Crippen LogP contribution in [0.3, 0.4) is 0 Å². The maximum absolute atomic E-state index is 6.27. The van der Waals surface area contributed by atoms with E-state index in [2.05, 4.69) is 4.98 Å². The summed E-state index contributed by atoms with van der Waals surface area (Å²) in [6.45, 7) is 2.03. The molecule has 0 atom stereocenters. The number of aromatic nitrogens is 2. The fourth-order valence-electron chi connectivity index (χ4n) is 2.15. The van der Waals surface area contributed by atoms with E-state index in [1.54, 1.807) is 12.1 Å². The monoisotopic (exact) mass is 342 g/mol. The fraction of sp³-hybridized carbons (Fsp3) is 0.0714. The Kier molecular flexibility index (Phi) is 3.55. The highest BCUT2D eigenvalue weighted by Gasteiger charge is 2.12. The predicted molar refractivity (Wildman–Crippen MR) is 88.2 cm³/mol. The molecule has 3 aromatic rings. The van der Waals surface area contributed by atoms with Gasteiger partial charge in [0, 0.05) is 0 Å². The minimum absolute atomic E-state index is 0.419. The van der Waals surface area contributed by atoms with Gasteiger partial charge in [0.05, 0.1) is 31.8 Å². The van der Waals surface area contributed by atoms with Crippen LogP contribution < -0.4 is 0 Å². The Hall–Kier alpha value is -1.000. The van der Waals surface area contributed by atoms with Gasteiger partial charge in [-0.2, -0.15) is 0 Å². The summed E-state index contributed by atoms with van der Waals surface area (Å²) in [6, 6.07) is 9.39. The average Bonchev–Trinajstić information content (AvgIpc) is 2.69. The van der Waals surface area contributed by atoms with E-state index >= 15 is 0 Å². The molecule has 0 aliphatic carbocycles. The van der Waals surface area contributed by atoms with Gasteiger partial charge in [-0.05, 0) is 49.0 Å². The molecule has 0 amide bonds. The Morgan fingerprint density at radius 3 is 2.45 bits per heavy atom. The molecule has 0 radical (unpaired) electrons. The quantitative estimate of drug-likeness (QED) is 0.427. The van der Waals surface area contributed by atoms with E-state index in [1.165, 1.54) is 0 Å². The molecule has 1 aromatic heterocycles. The minimum atomic E-state index is 0.419. The Bertz CT molecular complexity index is 880. The van der Waals surface area contributed by atoms with Crippen molar-refractivity contribution >= 4 is 58.1 Å². The number of aromatic amines is 1. The highest BCUT2D eigenvalue weighted by Crippen LogP contribution is 2.33. The highest BCUT2D eigenvalue weighted by molar-refractivity contribution is 7.71. The van der Waals surface area contributed by atoms with E-state index in [9.17, 15) is 0 Å². The van der Waals surface area contributed by atoms with Crippen LogP contribution in [-0.2, 0) is 0 Å². The maximum atomic E-state index is 6.27. The van der Waals surface area contributed by atoms with Crippen molar-refractivity contribution in [2.45, 2.75) is 6.92 Å². The largest absolute Gasteiger partial charge is 0.330 e. The molecule has 1 N–H and O–H groups in total. The Morgan fingerprint density at radius 1 is 1.00 bits per heavy atom. The average molecular weight is 344 g/mol. The molecule has 0 bridgehead atoms. The summed E-state index contributed by atoms with van der Waals surface area (Å²) in [7, 11) is 0. The Morgan fingerprint density at radius 2 is 1.70 bits per heavy atom. The number of aryl methyl sites for hydroxylation is 1. The van der Waals surface area contributed by atoms with Crippen LogP contribution in [0.1, 0.15) is 5.56 Å². The zero-order valence-electron chi connectivity index (χ0n) is 10.4. The summed E-state index contributed by atoms with van der Waals surface area (Å²) in [4.78, 5) is 3.17. The van der Waals surface area contributed by atoms with Crippen molar-refractivity contribution in [3.05, 3.63) is 55.7 Å². The van der Waals surface area contributed by atoms with Crippen LogP contribution in [0, 0.1) is 11.7 Å². The fourth-order valence-corrected chi connectivity index (χ4v) is 3.08. The molecule has 0 aliphatic heterocycles. The van der Waals surface area contributed by atoms with Crippen molar-refractivity contribution in [1.29, 1.82) is 0 Å². The van der Waals surface area contributed by atoms with E-state index in [0.29, 0.717) is 25.5 Å². The van der Waals surface area contributed by atoms with Gasteiger partial charge in [-0.25, -0.2) is 0 Å². The van der Waals surface area contributed by atoms with Crippen LogP contribution >= 0.6 is 47.0 Å². The van der Waals surface area contributed by atoms with Gasteiger partial charge in [0.2, 0.25) is 0 Å². The lowest BCUT2D eigenvalue weighted by Gasteiger charge is -2.09. The minimum Gasteiger partial charge on any atom is -0.330 e. The molecule has 3 rings (SSSR count). The molecule has 0 spiro atoms. The number of halogens is 3.